The topological polar surface area (TPSA) is 42.0 Å². The Morgan fingerprint density at radius 2 is 2.06 bits per heavy atom. The summed E-state index contributed by atoms with van der Waals surface area (Å²) in [4.78, 5) is 15.9. The first-order valence-corrected chi connectivity index (χ1v) is 6.01. The quantitative estimate of drug-likeness (QED) is 0.905. The number of hydrogen-bond acceptors (Lipinski definition) is 2. The van der Waals surface area contributed by atoms with Crippen molar-refractivity contribution < 1.29 is 4.79 Å². The molecule has 2 aromatic rings. The van der Waals surface area contributed by atoms with Gasteiger partial charge in [-0.25, -0.2) is 0 Å². The van der Waals surface area contributed by atoms with E-state index in [9.17, 15) is 4.79 Å². The van der Waals surface area contributed by atoms with Gasteiger partial charge in [0.25, 0.3) is 5.91 Å². The van der Waals surface area contributed by atoms with Crippen molar-refractivity contribution in [2.24, 2.45) is 0 Å². The van der Waals surface area contributed by atoms with E-state index in [0.717, 1.165) is 5.56 Å². The first kappa shape index (κ1) is 12.9. The molecule has 0 aliphatic heterocycles. The molecule has 0 aliphatic carbocycles. The first-order valence-electron chi connectivity index (χ1n) is 5.26. The highest BCUT2D eigenvalue weighted by molar-refractivity contribution is 6.34. The summed E-state index contributed by atoms with van der Waals surface area (Å²) in [5.41, 5.74) is 1.73. The Bertz CT molecular complexity index is 579. The van der Waals surface area contributed by atoms with Gasteiger partial charge in [-0.2, -0.15) is 0 Å². The molecule has 5 heteroatoms. The van der Waals surface area contributed by atoms with Gasteiger partial charge in [-0.15, -0.1) is 0 Å². The van der Waals surface area contributed by atoms with Crippen LogP contribution in [0.2, 0.25) is 10.0 Å². The number of benzene rings is 1. The second kappa shape index (κ2) is 5.38. The third-order valence-electron chi connectivity index (χ3n) is 2.42. The molecular formula is C13H10Cl2N2O. The summed E-state index contributed by atoms with van der Waals surface area (Å²) < 4.78 is 0. The molecule has 1 aromatic heterocycles. The number of rotatable bonds is 2. The lowest BCUT2D eigenvalue weighted by atomic mass is 10.2. The van der Waals surface area contributed by atoms with Gasteiger partial charge in [0.05, 0.1) is 10.7 Å². The molecule has 1 heterocycles. The Labute approximate surface area is 115 Å². The van der Waals surface area contributed by atoms with Crippen LogP contribution in [0.4, 0.5) is 5.69 Å². The molecule has 0 radical (unpaired) electrons. The lowest BCUT2D eigenvalue weighted by Gasteiger charge is -2.09. The van der Waals surface area contributed by atoms with Gasteiger partial charge in [-0.1, -0.05) is 35.3 Å². The second-order valence-electron chi connectivity index (χ2n) is 3.75. The number of amides is 1. The van der Waals surface area contributed by atoms with Gasteiger partial charge in [0.15, 0.2) is 0 Å². The molecular weight excluding hydrogens is 271 g/mol. The second-order valence-corrected chi connectivity index (χ2v) is 4.59. The largest absolute Gasteiger partial charge is 0.319 e. The minimum absolute atomic E-state index is 0.252. The molecule has 0 bridgehead atoms. The summed E-state index contributed by atoms with van der Waals surface area (Å²) in [7, 11) is 0. The molecule has 0 saturated carbocycles. The van der Waals surface area contributed by atoms with E-state index in [1.54, 1.807) is 12.1 Å². The minimum atomic E-state index is -0.339. The van der Waals surface area contributed by atoms with Gasteiger partial charge in [0.2, 0.25) is 0 Å². The molecule has 0 spiro atoms. The molecule has 92 valence electrons. The Hall–Kier alpha value is -1.58. The average molecular weight is 281 g/mol. The van der Waals surface area contributed by atoms with Crippen molar-refractivity contribution in [2.45, 2.75) is 6.92 Å². The summed E-state index contributed by atoms with van der Waals surface area (Å²) >= 11 is 11.8. The zero-order valence-corrected chi connectivity index (χ0v) is 11.1. The van der Waals surface area contributed by atoms with Crippen molar-refractivity contribution in [3.8, 4) is 0 Å². The number of hydrogen-bond donors (Lipinski definition) is 1. The third-order valence-corrected chi connectivity index (χ3v) is 2.97. The first-order chi connectivity index (χ1) is 8.58. The summed E-state index contributed by atoms with van der Waals surface area (Å²) in [6.45, 7) is 1.87. The van der Waals surface area contributed by atoms with Crippen molar-refractivity contribution in [3.63, 3.8) is 0 Å². The lowest BCUT2D eigenvalue weighted by Crippen LogP contribution is -2.14. The van der Waals surface area contributed by atoms with Gasteiger partial charge in [-0.3, -0.25) is 9.78 Å². The van der Waals surface area contributed by atoms with E-state index in [-0.39, 0.29) is 11.6 Å². The van der Waals surface area contributed by atoms with Crippen LogP contribution in [0.3, 0.4) is 0 Å². The SMILES string of the molecule is Cc1cccc(Cl)c1NC(=O)c1cc(Cl)ccn1. The van der Waals surface area contributed by atoms with Gasteiger partial charge in [-0.05, 0) is 30.7 Å². The van der Waals surface area contributed by atoms with Crippen molar-refractivity contribution >= 4 is 34.8 Å². The number of carbonyl (C=O) groups excluding carboxylic acids is 1. The number of nitrogens with one attached hydrogen (secondary N) is 1. The van der Waals surface area contributed by atoms with Gasteiger partial charge < -0.3 is 5.32 Å². The van der Waals surface area contributed by atoms with E-state index in [1.807, 2.05) is 19.1 Å². The molecule has 0 saturated heterocycles. The normalized spacial score (nSPS) is 10.2. The summed E-state index contributed by atoms with van der Waals surface area (Å²) in [5, 5.41) is 3.68. The summed E-state index contributed by atoms with van der Waals surface area (Å²) in [6, 6.07) is 8.52. The summed E-state index contributed by atoms with van der Waals surface area (Å²) in [6.07, 6.45) is 1.48. The fourth-order valence-corrected chi connectivity index (χ4v) is 1.93. The molecule has 1 N–H and O–H groups in total. The molecule has 3 nitrogen and oxygen atoms in total. The molecule has 1 amide bonds. The van der Waals surface area contributed by atoms with Crippen LogP contribution in [0.15, 0.2) is 36.5 Å². The van der Waals surface area contributed by atoms with E-state index in [0.29, 0.717) is 15.7 Å². The zero-order valence-electron chi connectivity index (χ0n) is 9.58. The van der Waals surface area contributed by atoms with Crippen molar-refractivity contribution in [1.29, 1.82) is 0 Å². The Morgan fingerprint density at radius 1 is 1.28 bits per heavy atom. The summed E-state index contributed by atoms with van der Waals surface area (Å²) in [5.74, 6) is -0.339. The maximum absolute atomic E-state index is 12.0. The fourth-order valence-electron chi connectivity index (χ4n) is 1.50. The van der Waals surface area contributed by atoms with Crippen LogP contribution in [0.25, 0.3) is 0 Å². The van der Waals surface area contributed by atoms with Crippen LogP contribution in [0.1, 0.15) is 16.1 Å². The number of nitrogens with zero attached hydrogens (tertiary/aromatic N) is 1. The predicted molar refractivity (Wildman–Crippen MR) is 73.4 cm³/mol. The predicted octanol–water partition coefficient (Wildman–Crippen LogP) is 3.95. The van der Waals surface area contributed by atoms with Crippen molar-refractivity contribution in [3.05, 3.63) is 57.8 Å². The molecule has 0 unspecified atom stereocenters. The molecule has 0 aliphatic rings. The van der Waals surface area contributed by atoms with Crippen LogP contribution in [-0.4, -0.2) is 10.9 Å². The number of pyridine rings is 1. The van der Waals surface area contributed by atoms with Crippen LogP contribution < -0.4 is 5.32 Å². The van der Waals surface area contributed by atoms with E-state index < -0.39 is 0 Å². The molecule has 0 fully saturated rings. The molecule has 1 aromatic carbocycles. The number of para-hydroxylation sites is 1. The number of anilines is 1. The average Bonchev–Trinajstić information content (AvgIpc) is 2.34. The third kappa shape index (κ3) is 2.81. The van der Waals surface area contributed by atoms with E-state index in [4.69, 9.17) is 23.2 Å². The maximum Gasteiger partial charge on any atom is 0.274 e. The van der Waals surface area contributed by atoms with Crippen LogP contribution in [-0.2, 0) is 0 Å². The number of halogens is 2. The van der Waals surface area contributed by atoms with Gasteiger partial charge in [0, 0.05) is 11.2 Å². The monoisotopic (exact) mass is 280 g/mol. The maximum atomic E-state index is 12.0. The highest BCUT2D eigenvalue weighted by Crippen LogP contribution is 2.25. The van der Waals surface area contributed by atoms with Crippen LogP contribution >= 0.6 is 23.2 Å². The molecule has 0 atom stereocenters. The fraction of sp³-hybridized carbons (Fsp3) is 0.0769. The Morgan fingerprint density at radius 3 is 2.72 bits per heavy atom. The van der Waals surface area contributed by atoms with Gasteiger partial charge in [0.1, 0.15) is 5.69 Å². The number of carbonyl (C=O) groups is 1. The highest BCUT2D eigenvalue weighted by atomic mass is 35.5. The smallest absolute Gasteiger partial charge is 0.274 e. The van der Waals surface area contributed by atoms with E-state index in [1.165, 1.54) is 12.3 Å². The Kier molecular flexibility index (Phi) is 3.84. The van der Waals surface area contributed by atoms with E-state index >= 15 is 0 Å². The zero-order chi connectivity index (χ0) is 13.1. The van der Waals surface area contributed by atoms with Crippen LogP contribution in [0.5, 0.6) is 0 Å². The van der Waals surface area contributed by atoms with Crippen molar-refractivity contribution in [1.82, 2.24) is 4.98 Å². The molecule has 2 rings (SSSR count). The van der Waals surface area contributed by atoms with Gasteiger partial charge >= 0.3 is 0 Å². The highest BCUT2D eigenvalue weighted by Gasteiger charge is 2.11. The minimum Gasteiger partial charge on any atom is -0.319 e. The molecule has 18 heavy (non-hydrogen) atoms. The van der Waals surface area contributed by atoms with Crippen LogP contribution in [0, 0.1) is 6.92 Å². The van der Waals surface area contributed by atoms with Crippen molar-refractivity contribution in [2.75, 3.05) is 5.32 Å². The number of aryl methyl sites for hydroxylation is 1. The standard InChI is InChI=1S/C13H10Cl2N2O/c1-8-3-2-4-10(15)12(8)17-13(18)11-7-9(14)5-6-16-11/h2-7H,1H3,(H,17,18). The Balaban J connectivity index is 2.27. The number of aromatic nitrogens is 1. The van der Waals surface area contributed by atoms with E-state index in [2.05, 4.69) is 10.3 Å². The lowest BCUT2D eigenvalue weighted by molar-refractivity contribution is 0.102.